The van der Waals surface area contributed by atoms with Crippen LogP contribution in [0.1, 0.15) is 10.4 Å². The summed E-state index contributed by atoms with van der Waals surface area (Å²) in [5.41, 5.74) is 2.68. The van der Waals surface area contributed by atoms with E-state index in [-0.39, 0.29) is 15.9 Å². The number of H-pyrrole nitrogens is 1. The van der Waals surface area contributed by atoms with Gasteiger partial charge in [-0.05, 0) is 42.5 Å². The van der Waals surface area contributed by atoms with Crippen LogP contribution in [0, 0.1) is 0 Å². The number of fused-ring (bicyclic) bond motifs is 1. The minimum atomic E-state index is -3.99. The van der Waals surface area contributed by atoms with Gasteiger partial charge in [0.1, 0.15) is 11.5 Å². The Morgan fingerprint density at radius 3 is 2.44 bits per heavy atom. The first-order valence-electron chi connectivity index (χ1n) is 12.9. The Balaban J connectivity index is 1.27. The number of benzene rings is 3. The second kappa shape index (κ2) is 10.6. The minimum absolute atomic E-state index is 0.0365. The summed E-state index contributed by atoms with van der Waals surface area (Å²) in [7, 11) is -2.75. The highest BCUT2D eigenvalue weighted by Gasteiger charge is 2.26. The van der Waals surface area contributed by atoms with Gasteiger partial charge < -0.3 is 14.6 Å². The van der Waals surface area contributed by atoms with Gasteiger partial charge in [-0.1, -0.05) is 35.5 Å². The molecule has 0 saturated carbocycles. The van der Waals surface area contributed by atoms with Crippen molar-refractivity contribution >= 4 is 32.7 Å². The smallest absolute Gasteiger partial charge is 0.267 e. The van der Waals surface area contributed by atoms with Crippen molar-refractivity contribution in [2.45, 2.75) is 4.90 Å². The standard InChI is InChI=1S/C29H26N6O5S/c1-33(41(38,39)22-6-3-2-4-7-22)29(37)20-10-12-21(13-11-20)35-19-25(31-32-35)23-8-5-9-24-26(36)18-27(30-28(23)24)34-14-16-40-17-15-34/h2-13,18-19H,14-17H2,1H3,(H,30,36). The highest BCUT2D eigenvalue weighted by atomic mass is 32.2. The van der Waals surface area contributed by atoms with E-state index in [4.69, 9.17) is 4.74 Å². The molecule has 11 nitrogen and oxygen atoms in total. The molecule has 1 aliphatic heterocycles. The van der Waals surface area contributed by atoms with Crippen LogP contribution in [0.15, 0.2) is 94.7 Å². The van der Waals surface area contributed by atoms with E-state index < -0.39 is 15.9 Å². The summed E-state index contributed by atoms with van der Waals surface area (Å²) in [5, 5.41) is 9.14. The lowest BCUT2D eigenvalue weighted by Crippen LogP contribution is -2.37. The van der Waals surface area contributed by atoms with Crippen molar-refractivity contribution in [3.8, 4) is 16.9 Å². The highest BCUT2D eigenvalue weighted by molar-refractivity contribution is 7.89. The average Bonchev–Trinajstić information content (AvgIpc) is 3.51. The van der Waals surface area contributed by atoms with Gasteiger partial charge in [-0.3, -0.25) is 9.59 Å². The van der Waals surface area contributed by atoms with Crippen LogP contribution in [0.3, 0.4) is 0 Å². The summed E-state index contributed by atoms with van der Waals surface area (Å²) in [4.78, 5) is 31.4. The first kappa shape index (κ1) is 26.4. The molecule has 1 fully saturated rings. The van der Waals surface area contributed by atoms with Gasteiger partial charge in [0.15, 0.2) is 5.43 Å². The molecule has 41 heavy (non-hydrogen) atoms. The van der Waals surface area contributed by atoms with E-state index in [0.717, 1.165) is 15.7 Å². The number of carbonyl (C=O) groups is 1. The second-order valence-electron chi connectivity index (χ2n) is 9.53. The van der Waals surface area contributed by atoms with Crippen LogP contribution in [0.5, 0.6) is 0 Å². The monoisotopic (exact) mass is 570 g/mol. The summed E-state index contributed by atoms with van der Waals surface area (Å²) in [6.45, 7) is 2.57. The summed E-state index contributed by atoms with van der Waals surface area (Å²) in [5.74, 6) is 0.0700. The number of nitrogens with zero attached hydrogens (tertiary/aromatic N) is 5. The first-order chi connectivity index (χ1) is 19.8. The lowest BCUT2D eigenvalue weighted by molar-refractivity contribution is 0.0883. The summed E-state index contributed by atoms with van der Waals surface area (Å²) >= 11 is 0. The molecular formula is C29H26N6O5S. The number of morpholine rings is 1. The maximum Gasteiger partial charge on any atom is 0.267 e. The molecule has 0 radical (unpaired) electrons. The van der Waals surface area contributed by atoms with Crippen LogP contribution in [-0.4, -0.2) is 72.0 Å². The van der Waals surface area contributed by atoms with Gasteiger partial charge in [0.2, 0.25) is 0 Å². The molecule has 208 valence electrons. The lowest BCUT2D eigenvalue weighted by Gasteiger charge is -2.28. The largest absolute Gasteiger partial charge is 0.378 e. The molecule has 1 amide bonds. The Labute approximate surface area is 235 Å². The number of para-hydroxylation sites is 1. The van der Waals surface area contributed by atoms with E-state index in [1.165, 1.54) is 19.2 Å². The Morgan fingerprint density at radius 2 is 1.71 bits per heavy atom. The maximum absolute atomic E-state index is 13.0. The number of rotatable bonds is 6. The summed E-state index contributed by atoms with van der Waals surface area (Å²) < 4.78 is 33.4. The van der Waals surface area contributed by atoms with E-state index in [1.54, 1.807) is 71.5 Å². The third kappa shape index (κ3) is 4.98. The molecule has 3 aromatic carbocycles. The van der Waals surface area contributed by atoms with Crippen LogP contribution >= 0.6 is 0 Å². The van der Waals surface area contributed by atoms with Crippen LogP contribution in [-0.2, 0) is 14.8 Å². The van der Waals surface area contributed by atoms with Gasteiger partial charge in [0, 0.05) is 42.7 Å². The quantitative estimate of drug-likeness (QED) is 0.330. The fraction of sp³-hybridized carbons (Fsp3) is 0.172. The van der Waals surface area contributed by atoms with Gasteiger partial charge >= 0.3 is 0 Å². The average molecular weight is 571 g/mol. The number of pyridine rings is 1. The molecule has 0 atom stereocenters. The molecule has 0 aliphatic carbocycles. The molecule has 3 heterocycles. The SMILES string of the molecule is CN(C(=O)c1ccc(-n2cc(-c3cccc4c(=O)cc(N5CCOCC5)[nH]c34)nn2)cc1)S(=O)(=O)c1ccccc1. The molecule has 1 N–H and O–H groups in total. The molecule has 1 aliphatic rings. The second-order valence-corrected chi connectivity index (χ2v) is 11.5. The number of anilines is 1. The van der Waals surface area contributed by atoms with Gasteiger partial charge in [-0.15, -0.1) is 5.10 Å². The van der Waals surface area contributed by atoms with Crippen LogP contribution < -0.4 is 10.3 Å². The molecular weight excluding hydrogens is 544 g/mol. The number of hydrogen-bond donors (Lipinski definition) is 1. The number of carbonyl (C=O) groups excluding carboxylic acids is 1. The minimum Gasteiger partial charge on any atom is -0.378 e. The van der Waals surface area contributed by atoms with E-state index >= 15 is 0 Å². The van der Waals surface area contributed by atoms with E-state index in [0.29, 0.717) is 48.6 Å². The van der Waals surface area contributed by atoms with Crippen molar-refractivity contribution in [2.75, 3.05) is 38.3 Å². The van der Waals surface area contributed by atoms with Gasteiger partial charge in [-0.25, -0.2) is 17.4 Å². The molecule has 1 saturated heterocycles. The van der Waals surface area contributed by atoms with Crippen LogP contribution in [0.4, 0.5) is 5.82 Å². The number of sulfonamides is 1. The first-order valence-corrected chi connectivity index (χ1v) is 14.4. The number of hydrogen-bond acceptors (Lipinski definition) is 8. The Bertz CT molecular complexity index is 1900. The molecule has 2 aromatic heterocycles. The number of ether oxygens (including phenoxy) is 1. The normalized spacial score (nSPS) is 13.8. The van der Waals surface area contributed by atoms with E-state index in [1.807, 2.05) is 6.07 Å². The third-order valence-corrected chi connectivity index (χ3v) is 8.79. The Kier molecular flexibility index (Phi) is 6.85. The van der Waals surface area contributed by atoms with Crippen molar-refractivity contribution in [3.05, 3.63) is 101 Å². The molecule has 0 bridgehead atoms. The molecule has 5 aromatic rings. The molecule has 6 rings (SSSR count). The lowest BCUT2D eigenvalue weighted by atomic mass is 10.1. The van der Waals surface area contributed by atoms with Crippen LogP contribution in [0.2, 0.25) is 0 Å². The number of nitrogens with one attached hydrogen (secondary N) is 1. The zero-order valence-electron chi connectivity index (χ0n) is 22.1. The zero-order valence-corrected chi connectivity index (χ0v) is 22.9. The fourth-order valence-corrected chi connectivity index (χ4v) is 5.90. The Morgan fingerprint density at radius 1 is 0.976 bits per heavy atom. The van der Waals surface area contributed by atoms with Crippen LogP contribution in [0.25, 0.3) is 27.8 Å². The molecule has 12 heteroatoms. The predicted octanol–water partition coefficient (Wildman–Crippen LogP) is 3.07. The van der Waals surface area contributed by atoms with Gasteiger partial charge in [-0.2, -0.15) is 0 Å². The number of amides is 1. The fourth-order valence-electron chi connectivity index (χ4n) is 4.76. The number of aromatic amines is 1. The van der Waals surface area contributed by atoms with Gasteiger partial charge in [0.25, 0.3) is 15.9 Å². The maximum atomic E-state index is 13.0. The van der Waals surface area contributed by atoms with Crippen molar-refractivity contribution in [1.82, 2.24) is 24.3 Å². The number of aromatic nitrogens is 4. The zero-order chi connectivity index (χ0) is 28.6. The van der Waals surface area contributed by atoms with Crippen molar-refractivity contribution in [1.29, 1.82) is 0 Å². The van der Waals surface area contributed by atoms with E-state index in [9.17, 15) is 18.0 Å². The third-order valence-electron chi connectivity index (χ3n) is 7.04. The molecule has 0 spiro atoms. The van der Waals surface area contributed by atoms with Crippen molar-refractivity contribution in [3.63, 3.8) is 0 Å². The topological polar surface area (TPSA) is 130 Å². The van der Waals surface area contributed by atoms with Gasteiger partial charge in [0.05, 0.1) is 35.5 Å². The summed E-state index contributed by atoms with van der Waals surface area (Å²) in [6, 6.07) is 21.3. The molecule has 0 unspecified atom stereocenters. The van der Waals surface area contributed by atoms with E-state index in [2.05, 4.69) is 20.2 Å². The Hall–Kier alpha value is -4.81. The van der Waals surface area contributed by atoms with Crippen molar-refractivity contribution < 1.29 is 17.9 Å². The highest BCUT2D eigenvalue weighted by Crippen LogP contribution is 2.27. The van der Waals surface area contributed by atoms with Crippen molar-refractivity contribution in [2.24, 2.45) is 0 Å². The summed E-state index contributed by atoms with van der Waals surface area (Å²) in [6.07, 6.45) is 1.73. The predicted molar refractivity (Wildman–Crippen MR) is 154 cm³/mol.